The molecule has 21 heavy (non-hydrogen) atoms. The highest BCUT2D eigenvalue weighted by molar-refractivity contribution is 5.37. The van der Waals surface area contributed by atoms with Gasteiger partial charge >= 0.3 is 0 Å². The molecule has 0 aliphatic heterocycles. The summed E-state index contributed by atoms with van der Waals surface area (Å²) in [6, 6.07) is 7.74. The van der Waals surface area contributed by atoms with Crippen LogP contribution in [0.5, 0.6) is 0 Å². The van der Waals surface area contributed by atoms with E-state index in [9.17, 15) is 4.79 Å². The Morgan fingerprint density at radius 3 is 2.95 bits per heavy atom. The van der Waals surface area contributed by atoms with Crippen LogP contribution in [0.4, 0.5) is 0 Å². The number of nitrogens with zero attached hydrogens (tertiary/aromatic N) is 2. The van der Waals surface area contributed by atoms with E-state index in [1.54, 1.807) is 16.7 Å². The Morgan fingerprint density at radius 2 is 2.14 bits per heavy atom. The zero-order chi connectivity index (χ0) is 14.7. The van der Waals surface area contributed by atoms with Crippen molar-refractivity contribution in [3.63, 3.8) is 0 Å². The van der Waals surface area contributed by atoms with E-state index in [0.717, 1.165) is 11.6 Å². The number of hydrogen-bond donors (Lipinski definition) is 1. The van der Waals surface area contributed by atoms with Gasteiger partial charge in [0, 0.05) is 24.8 Å². The monoisotopic (exact) mass is 285 g/mol. The summed E-state index contributed by atoms with van der Waals surface area (Å²) in [5.41, 5.74) is 1.53. The smallest absolute Gasteiger partial charge is 0.258 e. The van der Waals surface area contributed by atoms with Crippen LogP contribution < -0.4 is 10.9 Å². The molecule has 1 fully saturated rings. The third kappa shape index (κ3) is 3.32. The molecule has 0 spiro atoms. The van der Waals surface area contributed by atoms with Crippen LogP contribution in [0.1, 0.15) is 44.7 Å². The predicted octanol–water partition coefficient (Wildman–Crippen LogP) is 2.75. The highest BCUT2D eigenvalue weighted by Gasteiger charge is 2.19. The molecule has 4 nitrogen and oxygen atoms in total. The largest absolute Gasteiger partial charge is 0.308 e. The molecule has 0 amide bonds. The Kier molecular flexibility index (Phi) is 4.34. The maximum absolute atomic E-state index is 12.0. The van der Waals surface area contributed by atoms with Gasteiger partial charge < -0.3 is 5.32 Å². The number of rotatable bonds is 4. The molecule has 3 rings (SSSR count). The van der Waals surface area contributed by atoms with Crippen LogP contribution in [0, 0.1) is 5.92 Å². The van der Waals surface area contributed by atoms with Gasteiger partial charge in [0.15, 0.2) is 0 Å². The van der Waals surface area contributed by atoms with Crippen LogP contribution >= 0.6 is 0 Å². The van der Waals surface area contributed by atoms with Gasteiger partial charge in [0.2, 0.25) is 0 Å². The van der Waals surface area contributed by atoms with Crippen molar-refractivity contribution in [2.75, 3.05) is 0 Å². The average Bonchev–Trinajstić information content (AvgIpc) is 2.53. The lowest BCUT2D eigenvalue weighted by atomic mass is 9.84. The zero-order valence-electron chi connectivity index (χ0n) is 12.6. The van der Waals surface area contributed by atoms with Gasteiger partial charge in [0.1, 0.15) is 5.65 Å². The van der Waals surface area contributed by atoms with Crippen molar-refractivity contribution in [2.45, 2.75) is 51.6 Å². The summed E-state index contributed by atoms with van der Waals surface area (Å²) in [6.07, 6.45) is 8.49. The van der Waals surface area contributed by atoms with Gasteiger partial charge in [-0.05, 0) is 37.8 Å². The fourth-order valence-corrected chi connectivity index (χ4v) is 3.26. The third-order valence-electron chi connectivity index (χ3n) is 4.59. The summed E-state index contributed by atoms with van der Waals surface area (Å²) < 4.78 is 1.58. The minimum Gasteiger partial charge on any atom is -0.308 e. The van der Waals surface area contributed by atoms with Gasteiger partial charge in [-0.3, -0.25) is 9.20 Å². The average molecular weight is 285 g/mol. The molecule has 0 aromatic carbocycles. The number of aromatic nitrogens is 2. The van der Waals surface area contributed by atoms with E-state index < -0.39 is 0 Å². The lowest BCUT2D eigenvalue weighted by Gasteiger charge is -2.28. The first-order valence-corrected chi connectivity index (χ1v) is 7.95. The van der Waals surface area contributed by atoms with Gasteiger partial charge in [0.05, 0.1) is 5.69 Å². The summed E-state index contributed by atoms with van der Waals surface area (Å²) in [5, 5.41) is 3.55. The second kappa shape index (κ2) is 6.39. The van der Waals surface area contributed by atoms with Crippen LogP contribution in [-0.4, -0.2) is 15.4 Å². The second-order valence-corrected chi connectivity index (χ2v) is 6.08. The molecule has 1 aliphatic rings. The molecule has 1 saturated carbocycles. The molecule has 0 saturated heterocycles. The van der Waals surface area contributed by atoms with Gasteiger partial charge in [-0.15, -0.1) is 0 Å². The number of nitrogens with one attached hydrogen (secondary N) is 1. The quantitative estimate of drug-likeness (QED) is 0.939. The van der Waals surface area contributed by atoms with E-state index in [0.29, 0.717) is 18.2 Å². The summed E-state index contributed by atoms with van der Waals surface area (Å²) in [5.74, 6) is 0.764. The summed E-state index contributed by atoms with van der Waals surface area (Å²) >= 11 is 0. The fraction of sp³-hybridized carbons (Fsp3) is 0.529. The van der Waals surface area contributed by atoms with E-state index in [1.165, 1.54) is 32.1 Å². The Hall–Kier alpha value is -1.68. The van der Waals surface area contributed by atoms with Gasteiger partial charge in [-0.1, -0.05) is 25.3 Å². The van der Waals surface area contributed by atoms with Gasteiger partial charge in [0.25, 0.3) is 5.56 Å². The van der Waals surface area contributed by atoms with Crippen molar-refractivity contribution in [1.82, 2.24) is 14.7 Å². The molecule has 2 aromatic rings. The van der Waals surface area contributed by atoms with Crippen molar-refractivity contribution >= 4 is 5.65 Å². The summed E-state index contributed by atoms with van der Waals surface area (Å²) in [4.78, 5) is 16.6. The van der Waals surface area contributed by atoms with Crippen LogP contribution in [0.3, 0.4) is 0 Å². The molecule has 1 N–H and O–H groups in total. The fourth-order valence-electron chi connectivity index (χ4n) is 3.26. The molecule has 112 valence electrons. The van der Waals surface area contributed by atoms with Gasteiger partial charge in [-0.25, -0.2) is 4.98 Å². The van der Waals surface area contributed by atoms with Crippen LogP contribution in [0.2, 0.25) is 0 Å². The maximum Gasteiger partial charge on any atom is 0.258 e. The highest BCUT2D eigenvalue weighted by atomic mass is 16.1. The van der Waals surface area contributed by atoms with Crippen LogP contribution in [0.25, 0.3) is 5.65 Å². The maximum atomic E-state index is 12.0. The van der Waals surface area contributed by atoms with Crippen molar-refractivity contribution < 1.29 is 0 Å². The van der Waals surface area contributed by atoms with Crippen LogP contribution in [0.15, 0.2) is 35.3 Å². The summed E-state index contributed by atoms with van der Waals surface area (Å²) in [6.45, 7) is 2.92. The van der Waals surface area contributed by atoms with Crippen molar-refractivity contribution in [3.8, 4) is 0 Å². The normalized spacial score (nSPS) is 18.0. The first-order chi connectivity index (χ1) is 10.2. The number of pyridine rings is 1. The minimum atomic E-state index is -0.0114. The van der Waals surface area contributed by atoms with Crippen molar-refractivity contribution in [3.05, 3.63) is 46.5 Å². The molecule has 0 bridgehead atoms. The lowest BCUT2D eigenvalue weighted by molar-refractivity contribution is 0.280. The van der Waals surface area contributed by atoms with E-state index in [4.69, 9.17) is 0 Å². The zero-order valence-corrected chi connectivity index (χ0v) is 12.6. The lowest BCUT2D eigenvalue weighted by Crippen LogP contribution is -2.34. The topological polar surface area (TPSA) is 46.4 Å². The Balaban J connectivity index is 1.69. The van der Waals surface area contributed by atoms with E-state index >= 15 is 0 Å². The minimum absolute atomic E-state index is 0.0114. The Bertz CT molecular complexity index is 658. The molecule has 4 heteroatoms. The third-order valence-corrected chi connectivity index (χ3v) is 4.59. The van der Waals surface area contributed by atoms with Gasteiger partial charge in [-0.2, -0.15) is 0 Å². The molecule has 0 radical (unpaired) electrons. The SMILES string of the molecule is CC(NCc1cc(=O)n2ccccc2n1)C1CCCCC1. The number of fused-ring (bicyclic) bond motifs is 1. The Morgan fingerprint density at radius 1 is 1.33 bits per heavy atom. The Labute approximate surface area is 125 Å². The van der Waals surface area contributed by atoms with Crippen molar-refractivity contribution in [1.29, 1.82) is 0 Å². The first kappa shape index (κ1) is 14.3. The number of hydrogen-bond acceptors (Lipinski definition) is 3. The van der Waals surface area contributed by atoms with E-state index in [1.807, 2.05) is 18.2 Å². The molecule has 2 heterocycles. The standard InChI is InChI=1S/C17H23N3O/c1-13(14-7-3-2-4-8-14)18-12-15-11-17(21)20-10-6-5-9-16(20)19-15/h5-6,9-11,13-14,18H,2-4,7-8,12H2,1H3. The summed E-state index contributed by atoms with van der Waals surface area (Å²) in [7, 11) is 0. The first-order valence-electron chi connectivity index (χ1n) is 7.95. The molecule has 2 aromatic heterocycles. The van der Waals surface area contributed by atoms with Crippen LogP contribution in [-0.2, 0) is 6.54 Å². The molecular weight excluding hydrogens is 262 g/mol. The van der Waals surface area contributed by atoms with E-state index in [2.05, 4.69) is 17.2 Å². The molecular formula is C17H23N3O. The molecule has 1 unspecified atom stereocenters. The van der Waals surface area contributed by atoms with E-state index in [-0.39, 0.29) is 5.56 Å². The molecule has 1 aliphatic carbocycles. The molecule has 1 atom stereocenters. The second-order valence-electron chi connectivity index (χ2n) is 6.08. The predicted molar refractivity (Wildman–Crippen MR) is 84.3 cm³/mol. The van der Waals surface area contributed by atoms with Crippen molar-refractivity contribution in [2.24, 2.45) is 5.92 Å². The highest BCUT2D eigenvalue weighted by Crippen LogP contribution is 2.26.